The zero-order valence-corrected chi connectivity index (χ0v) is 38.7. The first-order valence-corrected chi connectivity index (χ1v) is 22.1. The van der Waals surface area contributed by atoms with Gasteiger partial charge in [0.25, 0.3) is 0 Å². The lowest BCUT2D eigenvalue weighted by Gasteiger charge is -2.58. The molecule has 0 bridgehead atoms. The molecule has 4 rings (SSSR count). The third kappa shape index (κ3) is 14.0. The number of allylic oxidation sites excluding steroid dienone is 1. The molecule has 4 unspecified atom stereocenters. The summed E-state index contributed by atoms with van der Waals surface area (Å²) >= 11 is 0. The lowest BCUT2D eigenvalue weighted by Crippen LogP contribution is -2.51. The SMILES string of the molecule is CCC(CCC(C)[C@H]1CC[C@H]2[C@@H]3CC=C4C[C@@H](OC(=O)CCC(=O)N(CCCCNCCC(C)N)CCC(C)N)CC[C@]4(C)[C@H]3CC[C@]12C)C(C)C.Cl.Cl.Cl. The van der Waals surface area contributed by atoms with Gasteiger partial charge in [0.1, 0.15) is 6.10 Å². The van der Waals surface area contributed by atoms with Gasteiger partial charge in [0.2, 0.25) is 5.91 Å². The number of halogens is 3. The van der Waals surface area contributed by atoms with Crippen LogP contribution in [0.25, 0.3) is 0 Å². The first-order valence-electron chi connectivity index (χ1n) is 22.1. The fourth-order valence-electron chi connectivity index (χ4n) is 11.7. The highest BCUT2D eigenvalue weighted by Gasteiger charge is 2.59. The zero-order chi connectivity index (χ0) is 38.1. The van der Waals surface area contributed by atoms with E-state index >= 15 is 0 Å². The van der Waals surface area contributed by atoms with Crippen LogP contribution in [0.1, 0.15) is 165 Å². The number of rotatable bonds is 21. The number of esters is 1. The largest absolute Gasteiger partial charge is 0.462 e. The quantitative estimate of drug-likeness (QED) is 0.0603. The minimum atomic E-state index is -0.222. The van der Waals surface area contributed by atoms with Crippen LogP contribution in [-0.2, 0) is 14.3 Å². The maximum absolute atomic E-state index is 13.3. The molecule has 324 valence electrons. The highest BCUT2D eigenvalue weighted by molar-refractivity contribution is 5.86. The Morgan fingerprint density at radius 1 is 0.855 bits per heavy atom. The van der Waals surface area contributed by atoms with E-state index in [-0.39, 0.29) is 85.5 Å². The van der Waals surface area contributed by atoms with Crippen LogP contribution >= 0.6 is 37.2 Å². The van der Waals surface area contributed by atoms with Gasteiger partial charge in [0, 0.05) is 38.0 Å². The molecule has 0 aliphatic heterocycles. The number of carbonyl (C=O) groups excluding carboxylic acids is 2. The summed E-state index contributed by atoms with van der Waals surface area (Å²) in [5.41, 5.74) is 14.1. The van der Waals surface area contributed by atoms with Crippen molar-refractivity contribution < 1.29 is 14.3 Å². The van der Waals surface area contributed by atoms with Crippen LogP contribution in [0.4, 0.5) is 0 Å². The monoisotopic (exact) mass is 835 g/mol. The number of ether oxygens (including phenoxy) is 1. The van der Waals surface area contributed by atoms with Crippen LogP contribution < -0.4 is 16.8 Å². The van der Waals surface area contributed by atoms with Crippen LogP contribution in [0.5, 0.6) is 0 Å². The van der Waals surface area contributed by atoms with Crippen LogP contribution in [0.2, 0.25) is 0 Å². The van der Waals surface area contributed by atoms with Crippen molar-refractivity contribution in [1.82, 2.24) is 10.2 Å². The Hall–Kier alpha value is -0.570. The molecule has 1 amide bonds. The highest BCUT2D eigenvalue weighted by Crippen LogP contribution is 2.67. The van der Waals surface area contributed by atoms with Gasteiger partial charge in [-0.2, -0.15) is 0 Å². The molecular weight excluding hydrogens is 751 g/mol. The predicted octanol–water partition coefficient (Wildman–Crippen LogP) is 10.3. The molecule has 0 spiro atoms. The van der Waals surface area contributed by atoms with Crippen molar-refractivity contribution in [1.29, 1.82) is 0 Å². The lowest BCUT2D eigenvalue weighted by atomic mass is 9.47. The maximum Gasteiger partial charge on any atom is 0.306 e. The van der Waals surface area contributed by atoms with E-state index in [4.69, 9.17) is 16.2 Å². The second kappa shape index (κ2) is 24.5. The average Bonchev–Trinajstić information content (AvgIpc) is 3.45. The van der Waals surface area contributed by atoms with Gasteiger partial charge < -0.3 is 26.4 Å². The molecule has 11 atom stereocenters. The Labute approximate surface area is 356 Å². The zero-order valence-electron chi connectivity index (χ0n) is 36.3. The molecule has 0 radical (unpaired) electrons. The van der Waals surface area contributed by atoms with Gasteiger partial charge in [0.15, 0.2) is 0 Å². The topological polar surface area (TPSA) is 111 Å². The lowest BCUT2D eigenvalue weighted by molar-refractivity contribution is -0.153. The van der Waals surface area contributed by atoms with E-state index < -0.39 is 0 Å². The molecule has 10 heteroatoms. The van der Waals surface area contributed by atoms with E-state index in [2.05, 4.69) is 52.9 Å². The van der Waals surface area contributed by atoms with Gasteiger partial charge in [0.05, 0.1) is 6.42 Å². The minimum absolute atomic E-state index is 0. The summed E-state index contributed by atoms with van der Waals surface area (Å²) in [4.78, 5) is 28.3. The van der Waals surface area contributed by atoms with Gasteiger partial charge in [-0.15, -0.1) is 37.2 Å². The average molecular weight is 837 g/mol. The molecule has 7 nitrogen and oxygen atoms in total. The number of nitrogens with zero attached hydrogens (tertiary/aromatic N) is 1. The number of nitrogens with two attached hydrogens (primary N) is 2. The van der Waals surface area contributed by atoms with Crippen LogP contribution in [-0.4, -0.2) is 61.1 Å². The third-order valence-electron chi connectivity index (χ3n) is 15.1. The third-order valence-corrected chi connectivity index (χ3v) is 15.1. The second-order valence-corrected chi connectivity index (χ2v) is 19.2. The molecule has 4 aliphatic carbocycles. The van der Waals surface area contributed by atoms with Gasteiger partial charge in [-0.1, -0.05) is 66.0 Å². The predicted molar refractivity (Wildman–Crippen MR) is 238 cm³/mol. The molecule has 0 heterocycles. The molecule has 3 saturated carbocycles. The fourth-order valence-corrected chi connectivity index (χ4v) is 11.7. The molecule has 0 aromatic heterocycles. The first-order chi connectivity index (χ1) is 24.7. The fraction of sp³-hybridized carbons (Fsp3) is 0.911. The number of unbranched alkanes of at least 4 members (excludes halogenated alkanes) is 1. The van der Waals surface area contributed by atoms with Crippen LogP contribution in [0, 0.1) is 52.3 Å². The summed E-state index contributed by atoms with van der Waals surface area (Å²) in [6.45, 7) is 22.2. The van der Waals surface area contributed by atoms with Crippen molar-refractivity contribution >= 4 is 49.1 Å². The van der Waals surface area contributed by atoms with Gasteiger partial charge in [-0.05, 0) is 156 Å². The van der Waals surface area contributed by atoms with Crippen LogP contribution in [0.15, 0.2) is 11.6 Å². The van der Waals surface area contributed by atoms with E-state index in [1.165, 1.54) is 51.4 Å². The normalized spacial score (nSPS) is 30.5. The molecule has 5 N–H and O–H groups in total. The van der Waals surface area contributed by atoms with Crippen molar-refractivity contribution in [2.24, 2.45) is 63.7 Å². The number of nitrogens with one attached hydrogen (secondary N) is 1. The van der Waals surface area contributed by atoms with Crippen molar-refractivity contribution in [2.75, 3.05) is 26.2 Å². The Kier molecular flexibility index (Phi) is 23.4. The number of hydrogen-bond donors (Lipinski definition) is 3. The number of fused-ring (bicyclic) bond motifs is 5. The van der Waals surface area contributed by atoms with Crippen LogP contribution in [0.3, 0.4) is 0 Å². The summed E-state index contributed by atoms with van der Waals surface area (Å²) in [7, 11) is 0. The minimum Gasteiger partial charge on any atom is -0.462 e. The Morgan fingerprint density at radius 3 is 2.22 bits per heavy atom. The second-order valence-electron chi connectivity index (χ2n) is 19.2. The van der Waals surface area contributed by atoms with Crippen molar-refractivity contribution in [3.8, 4) is 0 Å². The van der Waals surface area contributed by atoms with E-state index in [0.29, 0.717) is 18.5 Å². The smallest absolute Gasteiger partial charge is 0.306 e. The van der Waals surface area contributed by atoms with Crippen molar-refractivity contribution in [3.63, 3.8) is 0 Å². The number of amides is 1. The van der Waals surface area contributed by atoms with Gasteiger partial charge in [-0.3, -0.25) is 9.59 Å². The Bertz CT molecular complexity index is 1170. The van der Waals surface area contributed by atoms with Gasteiger partial charge >= 0.3 is 5.97 Å². The van der Waals surface area contributed by atoms with Crippen molar-refractivity contribution in [2.45, 2.75) is 183 Å². The Balaban J connectivity index is 0.00000504. The molecule has 0 aromatic carbocycles. The van der Waals surface area contributed by atoms with E-state index in [1.807, 2.05) is 18.7 Å². The van der Waals surface area contributed by atoms with Crippen molar-refractivity contribution in [3.05, 3.63) is 11.6 Å². The highest BCUT2D eigenvalue weighted by atomic mass is 35.5. The summed E-state index contributed by atoms with van der Waals surface area (Å²) in [6, 6.07) is 0.249. The number of hydrogen-bond acceptors (Lipinski definition) is 6. The molecular formula is C45H85Cl3N4O3. The molecule has 4 aliphatic rings. The van der Waals surface area contributed by atoms with E-state index in [0.717, 1.165) is 99.5 Å². The standard InChI is InChI=1S/C45H82N4O3.3ClH/c1-9-35(31(2)3)13-12-32(4)39-16-17-40-38-15-14-36-30-37(20-24-44(36,7)41(38)21-25-45(39,40)8)52-43(51)19-18-42(50)49(29-23-34(6)47)28-11-10-26-48-27-22-33(5)46;;;/h14,31-35,37-41,48H,9-13,15-30,46-47H2,1-8H3;3*1H/t32?,33?,34?,35?,37-,38-,39+,40-,41-,44-,45+;;;/m0.../s1. The summed E-state index contributed by atoms with van der Waals surface area (Å²) in [5, 5.41) is 3.44. The number of carbonyl (C=O) groups is 2. The summed E-state index contributed by atoms with van der Waals surface area (Å²) in [5.74, 6) is 5.58. The molecule has 55 heavy (non-hydrogen) atoms. The van der Waals surface area contributed by atoms with Gasteiger partial charge in [-0.25, -0.2) is 0 Å². The summed E-state index contributed by atoms with van der Waals surface area (Å²) < 4.78 is 6.10. The van der Waals surface area contributed by atoms with E-state index in [9.17, 15) is 9.59 Å². The molecule has 0 aromatic rings. The van der Waals surface area contributed by atoms with E-state index in [1.54, 1.807) is 5.57 Å². The summed E-state index contributed by atoms with van der Waals surface area (Å²) in [6.07, 6.45) is 20.3. The maximum atomic E-state index is 13.3. The molecule has 0 saturated heterocycles. The first kappa shape index (κ1) is 52.4. The molecule has 3 fully saturated rings. The Morgan fingerprint density at radius 2 is 1.56 bits per heavy atom.